The first kappa shape index (κ1) is 12.0. The van der Waals surface area contributed by atoms with Gasteiger partial charge in [0.25, 0.3) is 0 Å². The molecule has 0 amide bonds. The molecule has 2 unspecified atom stereocenters. The average molecular weight is 246 g/mol. The second-order valence-electron chi connectivity index (χ2n) is 5.40. The molecule has 1 aromatic carbocycles. The van der Waals surface area contributed by atoms with Gasteiger partial charge in [0.15, 0.2) is 0 Å². The second-order valence-corrected chi connectivity index (χ2v) is 5.40. The summed E-state index contributed by atoms with van der Waals surface area (Å²) >= 11 is 0. The molecule has 2 atom stereocenters. The minimum atomic E-state index is 0.408. The van der Waals surface area contributed by atoms with Crippen LogP contribution in [0.3, 0.4) is 0 Å². The molecule has 0 saturated carbocycles. The molecule has 0 bridgehead atoms. The van der Waals surface area contributed by atoms with Crippen molar-refractivity contribution in [3.05, 3.63) is 29.8 Å². The number of benzene rings is 1. The minimum absolute atomic E-state index is 0.408. The third-order valence-corrected chi connectivity index (χ3v) is 3.95. The number of nitrogens with one attached hydrogen (secondary N) is 1. The first-order valence-corrected chi connectivity index (χ1v) is 7.02. The van der Waals surface area contributed by atoms with Gasteiger partial charge in [-0.05, 0) is 31.4 Å². The largest absolute Gasteiger partial charge is 0.373 e. The van der Waals surface area contributed by atoms with Crippen LogP contribution in [0.2, 0.25) is 0 Å². The normalized spacial score (nSPS) is 27.9. The first-order chi connectivity index (χ1) is 8.83. The quantitative estimate of drug-likeness (QED) is 0.865. The Morgan fingerprint density at radius 3 is 3.06 bits per heavy atom. The maximum Gasteiger partial charge on any atom is 0.0754 e. The van der Waals surface area contributed by atoms with E-state index < -0.39 is 0 Å². The summed E-state index contributed by atoms with van der Waals surface area (Å²) in [5, 5.41) is 3.48. The molecule has 3 rings (SSSR count). The van der Waals surface area contributed by atoms with Crippen molar-refractivity contribution in [3.63, 3.8) is 0 Å². The Morgan fingerprint density at radius 1 is 1.33 bits per heavy atom. The Hall–Kier alpha value is -1.06. The number of hydrogen-bond acceptors (Lipinski definition) is 3. The summed E-state index contributed by atoms with van der Waals surface area (Å²) in [6, 6.07) is 8.72. The van der Waals surface area contributed by atoms with Crippen LogP contribution in [0.25, 0.3) is 0 Å². The third-order valence-electron chi connectivity index (χ3n) is 3.95. The summed E-state index contributed by atoms with van der Waals surface area (Å²) in [4.78, 5) is 2.48. The number of hydrogen-bond donors (Lipinski definition) is 1. The lowest BCUT2D eigenvalue weighted by Crippen LogP contribution is -2.35. The molecule has 0 aliphatic carbocycles. The van der Waals surface area contributed by atoms with Crippen LogP contribution in [0.4, 0.5) is 5.69 Å². The molecule has 0 spiro atoms. The van der Waals surface area contributed by atoms with Gasteiger partial charge in [0.2, 0.25) is 0 Å². The third kappa shape index (κ3) is 2.52. The van der Waals surface area contributed by atoms with Crippen molar-refractivity contribution in [3.8, 4) is 0 Å². The molecule has 2 heterocycles. The molecule has 1 aromatic rings. The summed E-state index contributed by atoms with van der Waals surface area (Å²) in [5.74, 6) is 0. The van der Waals surface area contributed by atoms with Crippen molar-refractivity contribution in [1.29, 1.82) is 0 Å². The van der Waals surface area contributed by atoms with Crippen molar-refractivity contribution < 1.29 is 4.74 Å². The van der Waals surface area contributed by atoms with E-state index in [-0.39, 0.29) is 0 Å². The summed E-state index contributed by atoms with van der Waals surface area (Å²) in [7, 11) is 0. The molecule has 1 N–H and O–H groups in total. The van der Waals surface area contributed by atoms with Crippen molar-refractivity contribution >= 4 is 5.69 Å². The molecule has 3 heteroatoms. The van der Waals surface area contributed by atoms with E-state index in [1.54, 1.807) is 0 Å². The van der Waals surface area contributed by atoms with E-state index in [4.69, 9.17) is 4.74 Å². The van der Waals surface area contributed by atoms with E-state index in [9.17, 15) is 0 Å². The van der Waals surface area contributed by atoms with Crippen LogP contribution in [0.5, 0.6) is 0 Å². The number of nitrogens with zero attached hydrogens (tertiary/aromatic N) is 1. The highest BCUT2D eigenvalue weighted by atomic mass is 16.5. The number of para-hydroxylation sites is 1. The molecule has 18 heavy (non-hydrogen) atoms. The van der Waals surface area contributed by atoms with Crippen molar-refractivity contribution in [2.24, 2.45) is 0 Å². The fourth-order valence-electron chi connectivity index (χ4n) is 2.98. The van der Waals surface area contributed by atoms with Gasteiger partial charge in [0.05, 0.1) is 12.2 Å². The topological polar surface area (TPSA) is 24.5 Å². The maximum absolute atomic E-state index is 5.96. The Balaban J connectivity index is 1.75. The minimum Gasteiger partial charge on any atom is -0.373 e. The van der Waals surface area contributed by atoms with Crippen LogP contribution in [0, 0.1) is 0 Å². The van der Waals surface area contributed by atoms with Gasteiger partial charge in [-0.3, -0.25) is 0 Å². The lowest BCUT2D eigenvalue weighted by Gasteiger charge is -2.27. The van der Waals surface area contributed by atoms with Crippen LogP contribution in [0.1, 0.15) is 25.3 Å². The summed E-state index contributed by atoms with van der Waals surface area (Å²) in [6.07, 6.45) is 3.26. The van der Waals surface area contributed by atoms with E-state index in [1.165, 1.54) is 24.1 Å². The molecular weight excluding hydrogens is 224 g/mol. The van der Waals surface area contributed by atoms with Gasteiger partial charge < -0.3 is 15.0 Å². The van der Waals surface area contributed by atoms with Gasteiger partial charge in [-0.1, -0.05) is 18.2 Å². The zero-order valence-corrected chi connectivity index (χ0v) is 11.1. The summed E-state index contributed by atoms with van der Waals surface area (Å²) in [6.45, 7) is 6.32. The molecule has 2 aliphatic heterocycles. The monoisotopic (exact) mass is 246 g/mol. The highest BCUT2D eigenvalue weighted by molar-refractivity contribution is 5.54. The zero-order chi connectivity index (χ0) is 12.4. The number of anilines is 1. The molecule has 2 aliphatic rings. The van der Waals surface area contributed by atoms with Crippen LogP contribution < -0.4 is 10.2 Å². The van der Waals surface area contributed by atoms with E-state index in [0.717, 1.165) is 26.2 Å². The maximum atomic E-state index is 5.96. The summed E-state index contributed by atoms with van der Waals surface area (Å²) < 4.78 is 5.96. The molecule has 98 valence electrons. The van der Waals surface area contributed by atoms with Gasteiger partial charge in [-0.15, -0.1) is 0 Å². The van der Waals surface area contributed by atoms with Crippen LogP contribution in [-0.4, -0.2) is 31.8 Å². The van der Waals surface area contributed by atoms with Gasteiger partial charge in [0, 0.05) is 31.9 Å². The molecule has 3 nitrogen and oxygen atoms in total. The van der Waals surface area contributed by atoms with Gasteiger partial charge >= 0.3 is 0 Å². The smallest absolute Gasteiger partial charge is 0.0754 e. The van der Waals surface area contributed by atoms with E-state index in [2.05, 4.69) is 41.4 Å². The van der Waals surface area contributed by atoms with Crippen LogP contribution in [-0.2, 0) is 11.3 Å². The van der Waals surface area contributed by atoms with Gasteiger partial charge in [0.1, 0.15) is 0 Å². The first-order valence-electron chi connectivity index (χ1n) is 7.02. The van der Waals surface area contributed by atoms with Crippen LogP contribution in [0.15, 0.2) is 24.3 Å². The fraction of sp³-hybridized carbons (Fsp3) is 0.600. The van der Waals surface area contributed by atoms with E-state index in [1.807, 2.05) is 0 Å². The fourth-order valence-corrected chi connectivity index (χ4v) is 2.98. The standard InChI is InChI=1S/C15H22N2O/c1-12-6-7-14(18-12)11-17-9-8-16-10-13-4-2-3-5-15(13)17/h2-5,12,14,16H,6-11H2,1H3. The Labute approximate surface area is 109 Å². The molecular formula is C15H22N2O. The Bertz CT molecular complexity index is 407. The van der Waals surface area contributed by atoms with Crippen molar-refractivity contribution in [1.82, 2.24) is 5.32 Å². The second kappa shape index (κ2) is 5.29. The lowest BCUT2D eigenvalue weighted by atomic mass is 10.1. The highest BCUT2D eigenvalue weighted by Crippen LogP contribution is 2.26. The van der Waals surface area contributed by atoms with E-state index in [0.29, 0.717) is 12.2 Å². The molecule has 1 fully saturated rings. The Morgan fingerprint density at radius 2 is 2.22 bits per heavy atom. The van der Waals surface area contributed by atoms with Gasteiger partial charge in [-0.25, -0.2) is 0 Å². The molecule has 0 radical (unpaired) electrons. The zero-order valence-electron chi connectivity index (χ0n) is 11.1. The summed E-state index contributed by atoms with van der Waals surface area (Å²) in [5.41, 5.74) is 2.78. The molecule has 1 saturated heterocycles. The Kier molecular flexibility index (Phi) is 3.52. The molecule has 0 aromatic heterocycles. The highest BCUT2D eigenvalue weighted by Gasteiger charge is 2.25. The average Bonchev–Trinajstić information content (AvgIpc) is 2.68. The lowest BCUT2D eigenvalue weighted by molar-refractivity contribution is 0.0601. The number of rotatable bonds is 2. The van der Waals surface area contributed by atoms with Crippen molar-refractivity contribution in [2.75, 3.05) is 24.5 Å². The number of ether oxygens (including phenoxy) is 1. The van der Waals surface area contributed by atoms with Crippen molar-refractivity contribution in [2.45, 2.75) is 38.5 Å². The predicted octanol–water partition coefficient (Wildman–Crippen LogP) is 2.16. The number of fused-ring (bicyclic) bond motifs is 1. The van der Waals surface area contributed by atoms with Gasteiger partial charge in [-0.2, -0.15) is 0 Å². The SMILES string of the molecule is CC1CCC(CN2CCNCc3ccccc32)O1. The van der Waals surface area contributed by atoms with Crippen LogP contribution >= 0.6 is 0 Å². The van der Waals surface area contributed by atoms with E-state index >= 15 is 0 Å². The predicted molar refractivity (Wildman–Crippen MR) is 73.9 cm³/mol.